The summed E-state index contributed by atoms with van der Waals surface area (Å²) in [5.74, 6) is 1.67. The van der Waals surface area contributed by atoms with Crippen LogP contribution in [0.4, 0.5) is 0 Å². The molecule has 0 aliphatic carbocycles. The number of hydrogen-bond donors (Lipinski definition) is 1. The van der Waals surface area contributed by atoms with E-state index >= 15 is 0 Å². The van der Waals surface area contributed by atoms with Gasteiger partial charge in [-0.25, -0.2) is 5.43 Å². The molecule has 0 aromatic heterocycles. The molecule has 0 bridgehead atoms. The van der Waals surface area contributed by atoms with Crippen LogP contribution in [0.2, 0.25) is 0 Å². The van der Waals surface area contributed by atoms with E-state index in [1.54, 1.807) is 56.7 Å². The maximum atomic E-state index is 12.3. The van der Waals surface area contributed by atoms with E-state index in [-0.39, 0.29) is 5.91 Å². The maximum absolute atomic E-state index is 12.3. The minimum atomic E-state index is -0.321. The number of aryl methyl sites for hydroxylation is 1. The fourth-order valence-corrected chi connectivity index (χ4v) is 2.72. The smallest absolute Gasteiger partial charge is 0.271 e. The van der Waals surface area contributed by atoms with Crippen molar-refractivity contribution in [1.82, 2.24) is 5.43 Å². The lowest BCUT2D eigenvalue weighted by atomic mass is 10.2. The largest absolute Gasteiger partial charge is 0.497 e. The molecule has 3 aromatic rings. The van der Waals surface area contributed by atoms with Crippen molar-refractivity contribution in [3.8, 4) is 17.2 Å². The van der Waals surface area contributed by atoms with Gasteiger partial charge < -0.3 is 14.2 Å². The summed E-state index contributed by atoms with van der Waals surface area (Å²) in [6, 6.07) is 20.4. The van der Waals surface area contributed by atoms with Gasteiger partial charge in [0.05, 0.1) is 20.4 Å². The second kappa shape index (κ2) is 10.1. The molecule has 0 saturated carbocycles. The number of carbonyl (C=O) groups is 1. The zero-order valence-corrected chi connectivity index (χ0v) is 17.2. The first-order valence-corrected chi connectivity index (χ1v) is 9.43. The Balaban J connectivity index is 1.57. The van der Waals surface area contributed by atoms with E-state index < -0.39 is 0 Å². The highest BCUT2D eigenvalue weighted by molar-refractivity contribution is 5.95. The number of carbonyl (C=O) groups excluding carboxylic acids is 1. The number of ether oxygens (including phenoxy) is 3. The molecule has 0 atom stereocenters. The highest BCUT2D eigenvalue weighted by atomic mass is 16.5. The molecule has 0 unspecified atom stereocenters. The molecule has 6 heteroatoms. The number of hydrogen-bond acceptors (Lipinski definition) is 5. The Morgan fingerprint density at radius 1 is 0.933 bits per heavy atom. The summed E-state index contributed by atoms with van der Waals surface area (Å²) < 4.78 is 16.3. The molecule has 0 saturated heterocycles. The van der Waals surface area contributed by atoms with Crippen molar-refractivity contribution < 1.29 is 19.0 Å². The molecular formula is C24H24N2O4. The van der Waals surface area contributed by atoms with Gasteiger partial charge >= 0.3 is 0 Å². The van der Waals surface area contributed by atoms with E-state index in [1.165, 1.54) is 11.8 Å². The van der Waals surface area contributed by atoms with Gasteiger partial charge in [-0.1, -0.05) is 29.8 Å². The standard InChI is InChI=1S/C24H24N2O4/c1-17-4-6-18(7-5-17)16-30-21-10-8-19(9-11-21)24(27)26-25-15-20-14-22(28-2)12-13-23(20)29-3/h4-15H,16H2,1-3H3,(H,26,27)/b25-15+. The van der Waals surface area contributed by atoms with Crippen molar-refractivity contribution in [2.24, 2.45) is 5.10 Å². The van der Waals surface area contributed by atoms with Gasteiger partial charge in [0.2, 0.25) is 0 Å². The lowest BCUT2D eigenvalue weighted by Gasteiger charge is -2.08. The van der Waals surface area contributed by atoms with Gasteiger partial charge in [0.25, 0.3) is 5.91 Å². The van der Waals surface area contributed by atoms with Gasteiger partial charge in [-0.3, -0.25) is 4.79 Å². The molecular weight excluding hydrogens is 380 g/mol. The molecule has 0 aliphatic rings. The monoisotopic (exact) mass is 404 g/mol. The second-order valence-corrected chi connectivity index (χ2v) is 6.61. The third-order valence-corrected chi connectivity index (χ3v) is 4.45. The Labute approximate surface area is 176 Å². The molecule has 0 radical (unpaired) electrons. The summed E-state index contributed by atoms with van der Waals surface area (Å²) in [5.41, 5.74) is 5.98. The summed E-state index contributed by atoms with van der Waals surface area (Å²) in [6.45, 7) is 2.52. The molecule has 0 aliphatic heterocycles. The van der Waals surface area contributed by atoms with E-state index in [9.17, 15) is 4.79 Å². The number of hydrazone groups is 1. The van der Waals surface area contributed by atoms with Gasteiger partial charge in [-0.05, 0) is 55.0 Å². The Morgan fingerprint density at radius 3 is 2.30 bits per heavy atom. The van der Waals surface area contributed by atoms with Crippen LogP contribution in [-0.2, 0) is 6.61 Å². The lowest BCUT2D eigenvalue weighted by molar-refractivity contribution is 0.0955. The second-order valence-electron chi connectivity index (χ2n) is 6.61. The van der Waals surface area contributed by atoms with Crippen LogP contribution >= 0.6 is 0 Å². The molecule has 3 rings (SSSR count). The Bertz CT molecular complexity index is 1010. The topological polar surface area (TPSA) is 69.2 Å². The van der Waals surface area contributed by atoms with Crippen LogP contribution in [0.25, 0.3) is 0 Å². The molecule has 6 nitrogen and oxygen atoms in total. The summed E-state index contributed by atoms with van der Waals surface area (Å²) in [5, 5.41) is 4.02. The Morgan fingerprint density at radius 2 is 1.63 bits per heavy atom. The lowest BCUT2D eigenvalue weighted by Crippen LogP contribution is -2.17. The first kappa shape index (κ1) is 20.9. The van der Waals surface area contributed by atoms with Crippen molar-refractivity contribution in [3.63, 3.8) is 0 Å². The van der Waals surface area contributed by atoms with Gasteiger partial charge in [-0.15, -0.1) is 0 Å². The van der Waals surface area contributed by atoms with Crippen molar-refractivity contribution >= 4 is 12.1 Å². The van der Waals surface area contributed by atoms with Crippen molar-refractivity contribution in [2.45, 2.75) is 13.5 Å². The van der Waals surface area contributed by atoms with Crippen LogP contribution in [0.3, 0.4) is 0 Å². The van der Waals surface area contributed by atoms with Crippen LogP contribution in [0.1, 0.15) is 27.0 Å². The quantitative estimate of drug-likeness (QED) is 0.448. The van der Waals surface area contributed by atoms with Crippen LogP contribution in [0, 0.1) is 6.92 Å². The molecule has 0 fully saturated rings. The maximum Gasteiger partial charge on any atom is 0.271 e. The number of rotatable bonds is 8. The molecule has 3 aromatic carbocycles. The fraction of sp³-hybridized carbons (Fsp3) is 0.167. The SMILES string of the molecule is COc1ccc(OC)c(/C=N/NC(=O)c2ccc(OCc3ccc(C)cc3)cc2)c1. The summed E-state index contributed by atoms with van der Waals surface area (Å²) >= 11 is 0. The average Bonchev–Trinajstić information content (AvgIpc) is 2.79. The fourth-order valence-electron chi connectivity index (χ4n) is 2.72. The van der Waals surface area contributed by atoms with E-state index in [2.05, 4.69) is 10.5 Å². The van der Waals surface area contributed by atoms with E-state index in [0.717, 1.165) is 5.56 Å². The molecule has 0 spiro atoms. The van der Waals surface area contributed by atoms with Gasteiger partial charge in [-0.2, -0.15) is 5.10 Å². The Hall–Kier alpha value is -3.80. The third-order valence-electron chi connectivity index (χ3n) is 4.45. The van der Waals surface area contributed by atoms with Crippen molar-refractivity contribution in [2.75, 3.05) is 14.2 Å². The van der Waals surface area contributed by atoms with Gasteiger partial charge in [0.15, 0.2) is 0 Å². The van der Waals surface area contributed by atoms with E-state index in [0.29, 0.717) is 35.0 Å². The zero-order valence-electron chi connectivity index (χ0n) is 17.2. The van der Waals surface area contributed by atoms with Crippen molar-refractivity contribution in [1.29, 1.82) is 0 Å². The van der Waals surface area contributed by atoms with Crippen LogP contribution < -0.4 is 19.6 Å². The number of methoxy groups -OCH3 is 2. The minimum Gasteiger partial charge on any atom is -0.497 e. The van der Waals surface area contributed by atoms with Gasteiger partial charge in [0, 0.05) is 11.1 Å². The first-order chi connectivity index (χ1) is 14.6. The molecule has 154 valence electrons. The predicted octanol–water partition coefficient (Wildman–Crippen LogP) is 4.36. The minimum absolute atomic E-state index is 0.321. The summed E-state index contributed by atoms with van der Waals surface area (Å²) in [7, 11) is 3.15. The third kappa shape index (κ3) is 5.61. The molecule has 30 heavy (non-hydrogen) atoms. The highest BCUT2D eigenvalue weighted by Gasteiger charge is 2.06. The number of nitrogens with zero attached hydrogens (tertiary/aromatic N) is 1. The molecule has 1 N–H and O–H groups in total. The zero-order chi connectivity index (χ0) is 21.3. The average molecular weight is 404 g/mol. The molecule has 0 heterocycles. The number of amides is 1. The Kier molecular flexibility index (Phi) is 7.05. The summed E-state index contributed by atoms with van der Waals surface area (Å²) in [4.78, 5) is 12.3. The highest BCUT2D eigenvalue weighted by Crippen LogP contribution is 2.22. The first-order valence-electron chi connectivity index (χ1n) is 9.43. The summed E-state index contributed by atoms with van der Waals surface area (Å²) in [6.07, 6.45) is 1.51. The van der Waals surface area contributed by atoms with Crippen LogP contribution in [-0.4, -0.2) is 26.3 Å². The van der Waals surface area contributed by atoms with Crippen molar-refractivity contribution in [3.05, 3.63) is 89.0 Å². The number of benzene rings is 3. The van der Waals surface area contributed by atoms with E-state index in [1.807, 2.05) is 31.2 Å². The molecule has 1 amide bonds. The predicted molar refractivity (Wildman–Crippen MR) is 117 cm³/mol. The number of nitrogens with one attached hydrogen (secondary N) is 1. The normalized spacial score (nSPS) is 10.6. The van der Waals surface area contributed by atoms with Crippen LogP contribution in [0.15, 0.2) is 71.8 Å². The van der Waals surface area contributed by atoms with Gasteiger partial charge in [0.1, 0.15) is 23.9 Å². The van der Waals surface area contributed by atoms with E-state index in [4.69, 9.17) is 14.2 Å². The van der Waals surface area contributed by atoms with Crippen LogP contribution in [0.5, 0.6) is 17.2 Å².